The van der Waals surface area contributed by atoms with Crippen LogP contribution in [0.5, 0.6) is 5.75 Å². The van der Waals surface area contributed by atoms with E-state index in [2.05, 4.69) is 17.4 Å². The van der Waals surface area contributed by atoms with Gasteiger partial charge >= 0.3 is 0 Å². The van der Waals surface area contributed by atoms with Crippen molar-refractivity contribution in [2.45, 2.75) is 45.4 Å². The van der Waals surface area contributed by atoms with E-state index in [4.69, 9.17) is 4.74 Å². The van der Waals surface area contributed by atoms with Crippen molar-refractivity contribution < 1.29 is 14.3 Å². The number of carbonyl (C=O) groups is 2. The molecule has 0 radical (unpaired) electrons. The second kappa shape index (κ2) is 9.99. The van der Waals surface area contributed by atoms with E-state index >= 15 is 0 Å². The number of likely N-dealkylation sites (tertiary alicyclic amines) is 1. The number of rotatable bonds is 8. The van der Waals surface area contributed by atoms with E-state index in [1.54, 1.807) is 6.07 Å². The van der Waals surface area contributed by atoms with Crippen LogP contribution in [0.4, 0.5) is 5.69 Å². The molecule has 2 aromatic rings. The van der Waals surface area contributed by atoms with E-state index in [1.165, 1.54) is 5.56 Å². The highest BCUT2D eigenvalue weighted by atomic mass is 16.5. The van der Waals surface area contributed by atoms with E-state index in [0.29, 0.717) is 23.8 Å². The lowest BCUT2D eigenvalue weighted by Gasteiger charge is -2.32. The number of carbonyl (C=O) groups excluding carboxylic acids is 2. The summed E-state index contributed by atoms with van der Waals surface area (Å²) < 4.78 is 5.51. The number of amides is 2. The van der Waals surface area contributed by atoms with E-state index < -0.39 is 0 Å². The normalized spacial score (nSPS) is 16.7. The molecule has 4 rings (SSSR count). The van der Waals surface area contributed by atoms with Gasteiger partial charge in [0.05, 0.1) is 6.61 Å². The number of anilines is 1. The smallest absolute Gasteiger partial charge is 0.253 e. The fraction of sp³-hybridized carbons (Fsp3) is 0.462. The maximum absolute atomic E-state index is 13.0. The molecule has 2 aliphatic rings. The predicted molar refractivity (Wildman–Crippen MR) is 122 cm³/mol. The van der Waals surface area contributed by atoms with Crippen molar-refractivity contribution in [3.05, 3.63) is 59.7 Å². The first-order valence-corrected chi connectivity index (χ1v) is 11.5. The van der Waals surface area contributed by atoms with Gasteiger partial charge in [-0.2, -0.15) is 0 Å². The number of nitrogens with zero attached hydrogens (tertiary/aromatic N) is 1. The number of nitrogens with one attached hydrogen (secondary N) is 1. The fourth-order valence-electron chi connectivity index (χ4n) is 4.22. The maximum atomic E-state index is 13.0. The molecule has 2 fully saturated rings. The van der Waals surface area contributed by atoms with E-state index in [0.717, 1.165) is 57.4 Å². The van der Waals surface area contributed by atoms with E-state index in [-0.39, 0.29) is 17.7 Å². The average molecular weight is 421 g/mol. The Labute approximate surface area is 184 Å². The first kappa shape index (κ1) is 21.4. The summed E-state index contributed by atoms with van der Waals surface area (Å²) in [6.45, 7) is 4.28. The molecule has 1 heterocycles. The van der Waals surface area contributed by atoms with Crippen LogP contribution in [0.3, 0.4) is 0 Å². The molecule has 1 saturated carbocycles. The Bertz CT molecular complexity index is 897. The van der Waals surface area contributed by atoms with Crippen LogP contribution in [-0.2, 0) is 11.2 Å². The Kier molecular flexibility index (Phi) is 6.90. The third-order valence-electron chi connectivity index (χ3n) is 6.30. The molecule has 5 heteroatoms. The number of hydrogen-bond acceptors (Lipinski definition) is 3. The van der Waals surface area contributed by atoms with Gasteiger partial charge in [-0.1, -0.05) is 18.2 Å². The highest BCUT2D eigenvalue weighted by molar-refractivity contribution is 5.98. The third-order valence-corrected chi connectivity index (χ3v) is 6.30. The molecular weight excluding hydrogens is 388 g/mol. The molecule has 1 saturated heterocycles. The molecular formula is C26H32N2O3. The quantitative estimate of drug-likeness (QED) is 0.659. The molecule has 1 aliphatic heterocycles. The first-order chi connectivity index (χ1) is 15.1. The standard InChI is InChI=1S/C26H32N2O3/c1-2-31-24-12-8-19(9-13-24)6-7-20-14-16-28(17-15-20)26(30)22-4-3-5-23(18-22)27-25(29)21-10-11-21/h3-5,8-9,12-13,18,20-21H,2,6-7,10-11,14-17H2,1H3,(H,27,29). The van der Waals surface area contributed by atoms with E-state index in [1.807, 2.05) is 42.2 Å². The number of piperidine rings is 1. The van der Waals surface area contributed by atoms with Crippen LogP contribution < -0.4 is 10.1 Å². The lowest BCUT2D eigenvalue weighted by atomic mass is 9.90. The van der Waals surface area contributed by atoms with Gasteiger partial charge in [0.15, 0.2) is 0 Å². The van der Waals surface area contributed by atoms with Gasteiger partial charge < -0.3 is 15.0 Å². The zero-order valence-corrected chi connectivity index (χ0v) is 18.3. The zero-order chi connectivity index (χ0) is 21.6. The predicted octanol–water partition coefficient (Wildman–Crippen LogP) is 4.92. The number of ether oxygens (including phenoxy) is 1. The maximum Gasteiger partial charge on any atom is 0.253 e. The van der Waals surface area contributed by atoms with Gasteiger partial charge in [-0.15, -0.1) is 0 Å². The molecule has 5 nitrogen and oxygen atoms in total. The van der Waals surface area contributed by atoms with Gasteiger partial charge in [-0.25, -0.2) is 0 Å². The summed E-state index contributed by atoms with van der Waals surface area (Å²) in [7, 11) is 0. The van der Waals surface area contributed by atoms with Gasteiger partial charge in [0.1, 0.15) is 5.75 Å². The summed E-state index contributed by atoms with van der Waals surface area (Å²) in [5.41, 5.74) is 2.71. The molecule has 0 atom stereocenters. The summed E-state index contributed by atoms with van der Waals surface area (Å²) in [6, 6.07) is 15.7. The molecule has 31 heavy (non-hydrogen) atoms. The Morgan fingerprint density at radius 1 is 1.03 bits per heavy atom. The van der Waals surface area contributed by atoms with Crippen LogP contribution in [0, 0.1) is 11.8 Å². The lowest BCUT2D eigenvalue weighted by molar-refractivity contribution is -0.117. The second-order valence-corrected chi connectivity index (χ2v) is 8.70. The van der Waals surface area contributed by atoms with Crippen molar-refractivity contribution in [2.75, 3.05) is 25.0 Å². The van der Waals surface area contributed by atoms with Crippen molar-refractivity contribution in [2.24, 2.45) is 11.8 Å². The summed E-state index contributed by atoms with van der Waals surface area (Å²) in [5.74, 6) is 1.86. The molecule has 0 spiro atoms. The van der Waals surface area contributed by atoms with Crippen LogP contribution in [0.1, 0.15) is 54.9 Å². The Morgan fingerprint density at radius 2 is 1.77 bits per heavy atom. The van der Waals surface area contributed by atoms with Crippen molar-refractivity contribution in [3.63, 3.8) is 0 Å². The van der Waals surface area contributed by atoms with Crippen molar-refractivity contribution in [1.82, 2.24) is 4.90 Å². The van der Waals surface area contributed by atoms with Crippen LogP contribution >= 0.6 is 0 Å². The molecule has 1 N–H and O–H groups in total. The number of benzene rings is 2. The van der Waals surface area contributed by atoms with Crippen molar-refractivity contribution in [1.29, 1.82) is 0 Å². The Morgan fingerprint density at radius 3 is 2.45 bits per heavy atom. The van der Waals surface area contributed by atoms with Gasteiger partial charge in [0.2, 0.25) is 5.91 Å². The minimum Gasteiger partial charge on any atom is -0.494 e. The van der Waals surface area contributed by atoms with Gasteiger partial charge in [0.25, 0.3) is 5.91 Å². The highest BCUT2D eigenvalue weighted by Crippen LogP contribution is 2.30. The second-order valence-electron chi connectivity index (χ2n) is 8.70. The molecule has 0 aromatic heterocycles. The van der Waals surface area contributed by atoms with Crippen molar-refractivity contribution >= 4 is 17.5 Å². The molecule has 0 unspecified atom stereocenters. The topological polar surface area (TPSA) is 58.6 Å². The van der Waals surface area contributed by atoms with Crippen LogP contribution in [0.15, 0.2) is 48.5 Å². The lowest BCUT2D eigenvalue weighted by Crippen LogP contribution is -2.38. The molecule has 1 aliphatic carbocycles. The van der Waals surface area contributed by atoms with Gasteiger partial charge in [-0.3, -0.25) is 9.59 Å². The fourth-order valence-corrected chi connectivity index (χ4v) is 4.22. The average Bonchev–Trinajstić information content (AvgIpc) is 3.65. The minimum atomic E-state index is 0.0625. The summed E-state index contributed by atoms with van der Waals surface area (Å²) >= 11 is 0. The Hall–Kier alpha value is -2.82. The molecule has 2 amide bonds. The number of aryl methyl sites for hydroxylation is 1. The zero-order valence-electron chi connectivity index (χ0n) is 18.3. The summed E-state index contributed by atoms with van der Waals surface area (Å²) in [6.07, 6.45) is 6.24. The summed E-state index contributed by atoms with van der Waals surface area (Å²) in [5, 5.41) is 2.93. The monoisotopic (exact) mass is 420 g/mol. The van der Waals surface area contributed by atoms with Crippen LogP contribution in [0.25, 0.3) is 0 Å². The van der Waals surface area contributed by atoms with Crippen LogP contribution in [-0.4, -0.2) is 36.4 Å². The molecule has 2 aromatic carbocycles. The van der Waals surface area contributed by atoms with Gasteiger partial charge in [-0.05, 0) is 87.3 Å². The highest BCUT2D eigenvalue weighted by Gasteiger charge is 2.30. The first-order valence-electron chi connectivity index (χ1n) is 11.5. The van der Waals surface area contributed by atoms with Crippen LogP contribution in [0.2, 0.25) is 0 Å². The largest absolute Gasteiger partial charge is 0.494 e. The SMILES string of the molecule is CCOc1ccc(CCC2CCN(C(=O)c3cccc(NC(=O)C4CC4)c3)CC2)cc1. The number of hydrogen-bond donors (Lipinski definition) is 1. The van der Waals surface area contributed by atoms with Crippen molar-refractivity contribution in [3.8, 4) is 5.75 Å². The van der Waals surface area contributed by atoms with Gasteiger partial charge in [0, 0.05) is 30.3 Å². The molecule has 164 valence electrons. The minimum absolute atomic E-state index is 0.0625. The summed E-state index contributed by atoms with van der Waals surface area (Å²) in [4.78, 5) is 26.9. The Balaban J connectivity index is 1.24. The molecule has 0 bridgehead atoms. The van der Waals surface area contributed by atoms with E-state index in [9.17, 15) is 9.59 Å². The third kappa shape index (κ3) is 5.87.